The molecule has 2 heterocycles. The predicted octanol–water partition coefficient (Wildman–Crippen LogP) is 1.48. The van der Waals surface area contributed by atoms with Gasteiger partial charge in [-0.05, 0) is 27.5 Å². The number of aromatic nitrogens is 5. The highest BCUT2D eigenvalue weighted by atomic mass is 79.9. The maximum Gasteiger partial charge on any atom is 0.322 e. The van der Waals surface area contributed by atoms with Gasteiger partial charge in [-0.15, -0.1) is 0 Å². The molecule has 0 aliphatic carbocycles. The van der Waals surface area contributed by atoms with Gasteiger partial charge in [0.05, 0.1) is 17.8 Å². The Morgan fingerprint density at radius 3 is 2.80 bits per heavy atom. The Morgan fingerprint density at radius 2 is 2.20 bits per heavy atom. The molecule has 0 unspecified atom stereocenters. The summed E-state index contributed by atoms with van der Waals surface area (Å²) in [6, 6.07) is 0.150. The van der Waals surface area contributed by atoms with Crippen LogP contribution in [0.2, 0.25) is 5.28 Å². The van der Waals surface area contributed by atoms with Gasteiger partial charge in [0.2, 0.25) is 5.28 Å². The van der Waals surface area contributed by atoms with Crippen molar-refractivity contribution in [3.8, 4) is 12.0 Å². The monoisotopic (exact) mass is 289 g/mol. The SMILES string of the molecule is COc1nc(Cl)nc(-n2cc(Br)cn2)n1. The van der Waals surface area contributed by atoms with Crippen LogP contribution in [0.15, 0.2) is 16.9 Å². The molecule has 0 radical (unpaired) electrons. The lowest BCUT2D eigenvalue weighted by molar-refractivity contribution is 0.376. The smallest absolute Gasteiger partial charge is 0.322 e. The second kappa shape index (κ2) is 4.11. The summed E-state index contributed by atoms with van der Waals surface area (Å²) in [5, 5.41) is 4.06. The molecule has 0 saturated carbocycles. The Hall–Kier alpha value is -1.21. The Kier molecular flexibility index (Phi) is 2.83. The van der Waals surface area contributed by atoms with Crippen molar-refractivity contribution >= 4 is 27.5 Å². The molecule has 2 aromatic heterocycles. The Labute approximate surface area is 98.4 Å². The van der Waals surface area contributed by atoms with Crippen LogP contribution in [-0.4, -0.2) is 31.8 Å². The van der Waals surface area contributed by atoms with E-state index in [-0.39, 0.29) is 11.3 Å². The fourth-order valence-electron chi connectivity index (χ4n) is 0.926. The van der Waals surface area contributed by atoms with Crippen LogP contribution in [0, 0.1) is 0 Å². The Balaban J connectivity index is 2.48. The molecule has 8 heteroatoms. The normalized spacial score (nSPS) is 10.3. The zero-order chi connectivity index (χ0) is 10.8. The number of hydrogen-bond donors (Lipinski definition) is 0. The molecule has 0 spiro atoms. The minimum Gasteiger partial charge on any atom is -0.467 e. The van der Waals surface area contributed by atoms with Crippen LogP contribution in [0.4, 0.5) is 0 Å². The molecule has 0 saturated heterocycles. The summed E-state index contributed by atoms with van der Waals surface area (Å²) in [5.74, 6) is 0.303. The summed E-state index contributed by atoms with van der Waals surface area (Å²) in [6.45, 7) is 0. The van der Waals surface area contributed by atoms with Crippen LogP contribution < -0.4 is 4.74 Å². The first kappa shape index (κ1) is 10.3. The van der Waals surface area contributed by atoms with E-state index >= 15 is 0 Å². The number of hydrogen-bond acceptors (Lipinski definition) is 5. The average molecular weight is 291 g/mol. The molecule has 2 aromatic rings. The van der Waals surface area contributed by atoms with Crippen molar-refractivity contribution in [2.24, 2.45) is 0 Å². The first-order chi connectivity index (χ1) is 7.19. The van der Waals surface area contributed by atoms with E-state index in [1.165, 1.54) is 11.8 Å². The van der Waals surface area contributed by atoms with E-state index in [1.54, 1.807) is 12.4 Å². The number of halogens is 2. The van der Waals surface area contributed by atoms with Gasteiger partial charge >= 0.3 is 6.01 Å². The van der Waals surface area contributed by atoms with Gasteiger partial charge in [-0.25, -0.2) is 4.68 Å². The van der Waals surface area contributed by atoms with Crippen molar-refractivity contribution in [3.05, 3.63) is 22.1 Å². The molecule has 0 aliphatic heterocycles. The summed E-state index contributed by atoms with van der Waals surface area (Å²) in [4.78, 5) is 11.6. The van der Waals surface area contributed by atoms with Gasteiger partial charge in [0.15, 0.2) is 0 Å². The number of rotatable bonds is 2. The molecular formula is C7H5BrClN5O. The van der Waals surface area contributed by atoms with E-state index in [2.05, 4.69) is 36.0 Å². The second-order valence-corrected chi connectivity index (χ2v) is 3.75. The van der Waals surface area contributed by atoms with Crippen LogP contribution in [0.1, 0.15) is 0 Å². The molecule has 2 rings (SSSR count). The second-order valence-electron chi connectivity index (χ2n) is 2.49. The highest BCUT2D eigenvalue weighted by Crippen LogP contribution is 2.13. The highest BCUT2D eigenvalue weighted by molar-refractivity contribution is 9.10. The number of methoxy groups -OCH3 is 1. The minimum absolute atomic E-state index is 0.0588. The number of ether oxygens (including phenoxy) is 1. The summed E-state index contributed by atoms with van der Waals surface area (Å²) in [5.41, 5.74) is 0. The Bertz CT molecular complexity index is 488. The molecule has 0 atom stereocenters. The molecule has 15 heavy (non-hydrogen) atoms. The molecule has 0 aromatic carbocycles. The standard InChI is InChI=1S/C7H5BrClN5O/c1-15-7-12-5(9)11-6(13-7)14-3-4(8)2-10-14/h2-3H,1H3. The van der Waals surface area contributed by atoms with E-state index in [0.717, 1.165) is 4.47 Å². The van der Waals surface area contributed by atoms with Gasteiger partial charge in [0.25, 0.3) is 5.95 Å². The van der Waals surface area contributed by atoms with E-state index < -0.39 is 0 Å². The topological polar surface area (TPSA) is 65.7 Å². The maximum absolute atomic E-state index is 5.69. The number of nitrogens with zero attached hydrogens (tertiary/aromatic N) is 5. The van der Waals surface area contributed by atoms with E-state index in [4.69, 9.17) is 16.3 Å². The van der Waals surface area contributed by atoms with Gasteiger partial charge in [-0.1, -0.05) is 0 Å². The minimum atomic E-state index is 0.0588. The molecule has 0 aliphatic rings. The third kappa shape index (κ3) is 2.24. The van der Waals surface area contributed by atoms with Crippen molar-refractivity contribution in [2.75, 3.05) is 7.11 Å². The highest BCUT2D eigenvalue weighted by Gasteiger charge is 2.07. The largest absolute Gasteiger partial charge is 0.467 e. The average Bonchev–Trinajstić information content (AvgIpc) is 2.64. The van der Waals surface area contributed by atoms with Gasteiger partial charge < -0.3 is 4.74 Å². The fraction of sp³-hybridized carbons (Fsp3) is 0.143. The van der Waals surface area contributed by atoms with Gasteiger partial charge in [0, 0.05) is 6.20 Å². The van der Waals surface area contributed by atoms with E-state index in [1.807, 2.05) is 0 Å². The molecule has 0 bridgehead atoms. The molecular weight excluding hydrogens is 285 g/mol. The first-order valence-electron chi connectivity index (χ1n) is 3.85. The van der Waals surface area contributed by atoms with Gasteiger partial charge in [-0.3, -0.25) is 0 Å². The lowest BCUT2D eigenvalue weighted by Gasteiger charge is -2.01. The third-order valence-corrected chi connectivity index (χ3v) is 2.09. The molecule has 6 nitrogen and oxygen atoms in total. The van der Waals surface area contributed by atoms with Crippen molar-refractivity contribution < 1.29 is 4.74 Å². The Morgan fingerprint density at radius 1 is 1.40 bits per heavy atom. The zero-order valence-corrected chi connectivity index (χ0v) is 9.90. The summed E-state index contributed by atoms with van der Waals surface area (Å²) >= 11 is 8.96. The van der Waals surface area contributed by atoms with Crippen molar-refractivity contribution in [1.82, 2.24) is 24.7 Å². The molecule has 0 fully saturated rings. The van der Waals surface area contributed by atoms with Crippen LogP contribution >= 0.6 is 27.5 Å². The zero-order valence-electron chi connectivity index (χ0n) is 7.55. The maximum atomic E-state index is 5.69. The van der Waals surface area contributed by atoms with Crippen LogP contribution in [0.5, 0.6) is 6.01 Å². The van der Waals surface area contributed by atoms with Crippen molar-refractivity contribution in [1.29, 1.82) is 0 Å². The fourth-order valence-corrected chi connectivity index (χ4v) is 1.36. The van der Waals surface area contributed by atoms with E-state index in [0.29, 0.717) is 5.95 Å². The van der Waals surface area contributed by atoms with Crippen molar-refractivity contribution in [3.63, 3.8) is 0 Å². The molecule has 78 valence electrons. The summed E-state index contributed by atoms with van der Waals surface area (Å²) in [7, 11) is 1.45. The predicted molar refractivity (Wildman–Crippen MR) is 56.2 cm³/mol. The lowest BCUT2D eigenvalue weighted by Crippen LogP contribution is -2.05. The van der Waals surface area contributed by atoms with Crippen LogP contribution in [0.3, 0.4) is 0 Å². The molecule has 0 amide bonds. The first-order valence-corrected chi connectivity index (χ1v) is 5.02. The molecule has 0 N–H and O–H groups in total. The van der Waals surface area contributed by atoms with E-state index in [9.17, 15) is 0 Å². The van der Waals surface area contributed by atoms with Crippen LogP contribution in [-0.2, 0) is 0 Å². The summed E-state index contributed by atoms with van der Waals surface area (Å²) in [6.07, 6.45) is 3.31. The van der Waals surface area contributed by atoms with Gasteiger partial charge in [0.1, 0.15) is 0 Å². The lowest BCUT2D eigenvalue weighted by atomic mass is 10.7. The van der Waals surface area contributed by atoms with Gasteiger partial charge in [-0.2, -0.15) is 20.1 Å². The summed E-state index contributed by atoms with van der Waals surface area (Å²) < 4.78 is 7.14. The van der Waals surface area contributed by atoms with Crippen LogP contribution in [0.25, 0.3) is 5.95 Å². The quantitative estimate of drug-likeness (QED) is 0.838. The van der Waals surface area contributed by atoms with Crippen molar-refractivity contribution in [2.45, 2.75) is 0 Å². The third-order valence-electron chi connectivity index (χ3n) is 1.51.